The van der Waals surface area contributed by atoms with Gasteiger partial charge in [0.2, 0.25) is 0 Å². The molecule has 0 bridgehead atoms. The second-order valence-electron chi connectivity index (χ2n) is 11.3. The number of aromatic nitrogens is 1. The summed E-state index contributed by atoms with van der Waals surface area (Å²) >= 11 is 0. The number of nitrogens with zero attached hydrogens (tertiary/aromatic N) is 1. The van der Waals surface area contributed by atoms with E-state index < -0.39 is 11.7 Å². The highest BCUT2D eigenvalue weighted by atomic mass is 19.4. The van der Waals surface area contributed by atoms with Crippen LogP contribution < -0.4 is 11.1 Å². The number of nitrogens with two attached hydrogens (primary N) is 1. The standard InChI is InChI=1S/C31H40F3N3/c32-31(33,34)24-10-6-9-23(19-24)27(17-18-36-26-15-13-25(35)14-16-26)29-21-37(20-22-7-2-1-3-8-22)30-12-5-4-11-28(29)30/h4-6,9-12,19,21-22,25-27,36H,1-3,7-8,13-18,20,35H2/t25-,26-,27?. The van der Waals surface area contributed by atoms with Crippen molar-refractivity contribution in [1.29, 1.82) is 0 Å². The highest BCUT2D eigenvalue weighted by Crippen LogP contribution is 2.38. The number of benzene rings is 2. The minimum Gasteiger partial charge on any atom is -0.347 e. The molecule has 200 valence electrons. The van der Waals surface area contributed by atoms with Gasteiger partial charge in [0.15, 0.2) is 0 Å². The Labute approximate surface area is 218 Å². The topological polar surface area (TPSA) is 43.0 Å². The van der Waals surface area contributed by atoms with Crippen LogP contribution >= 0.6 is 0 Å². The quantitative estimate of drug-likeness (QED) is 0.327. The van der Waals surface area contributed by atoms with Crippen LogP contribution in [0.1, 0.15) is 86.8 Å². The lowest BCUT2D eigenvalue weighted by atomic mass is 9.87. The fourth-order valence-electron chi connectivity index (χ4n) is 6.54. The van der Waals surface area contributed by atoms with Gasteiger partial charge in [-0.05, 0) is 80.7 Å². The van der Waals surface area contributed by atoms with E-state index in [-0.39, 0.29) is 5.92 Å². The van der Waals surface area contributed by atoms with Gasteiger partial charge in [-0.3, -0.25) is 0 Å². The minimum absolute atomic E-state index is 0.113. The SMILES string of the molecule is N[C@H]1CC[C@H](NCCC(c2cccc(C(F)(F)F)c2)c2cn(CC3CCCCC3)c3ccccc23)CC1. The Morgan fingerprint density at radius 1 is 0.919 bits per heavy atom. The van der Waals surface area contributed by atoms with Crippen molar-refractivity contribution >= 4 is 10.9 Å². The Balaban J connectivity index is 1.45. The molecule has 2 saturated carbocycles. The zero-order chi connectivity index (χ0) is 25.8. The first-order chi connectivity index (χ1) is 17.9. The predicted octanol–water partition coefficient (Wildman–Crippen LogP) is 7.62. The van der Waals surface area contributed by atoms with Crippen molar-refractivity contribution in [2.24, 2.45) is 11.7 Å². The Bertz CT molecular complexity index is 1150. The molecule has 6 heteroatoms. The van der Waals surface area contributed by atoms with E-state index in [9.17, 15) is 13.2 Å². The summed E-state index contributed by atoms with van der Waals surface area (Å²) in [7, 11) is 0. The molecule has 2 aromatic carbocycles. The molecule has 0 aliphatic heterocycles. The number of rotatable bonds is 8. The van der Waals surface area contributed by atoms with Gasteiger partial charge in [0.05, 0.1) is 5.56 Å². The lowest BCUT2D eigenvalue weighted by Gasteiger charge is -2.28. The zero-order valence-electron chi connectivity index (χ0n) is 21.6. The summed E-state index contributed by atoms with van der Waals surface area (Å²) in [5.41, 5.74) is 8.57. The molecule has 37 heavy (non-hydrogen) atoms. The molecule has 0 radical (unpaired) electrons. The van der Waals surface area contributed by atoms with Crippen LogP contribution in [0.5, 0.6) is 0 Å². The van der Waals surface area contributed by atoms with Crippen molar-refractivity contribution in [3.05, 3.63) is 71.4 Å². The second kappa shape index (κ2) is 11.6. The Hall–Kier alpha value is -2.31. The molecule has 5 rings (SSSR count). The third-order valence-electron chi connectivity index (χ3n) is 8.63. The largest absolute Gasteiger partial charge is 0.416 e. The van der Waals surface area contributed by atoms with Crippen molar-refractivity contribution in [3.63, 3.8) is 0 Å². The molecule has 2 fully saturated rings. The molecular weight excluding hydrogens is 471 g/mol. The number of hydrogen-bond donors (Lipinski definition) is 2. The first kappa shape index (κ1) is 26.3. The van der Waals surface area contributed by atoms with Gasteiger partial charge < -0.3 is 15.6 Å². The maximum Gasteiger partial charge on any atom is 0.416 e. The van der Waals surface area contributed by atoms with Gasteiger partial charge >= 0.3 is 6.18 Å². The summed E-state index contributed by atoms with van der Waals surface area (Å²) in [4.78, 5) is 0. The van der Waals surface area contributed by atoms with E-state index in [0.717, 1.165) is 61.7 Å². The Morgan fingerprint density at radius 3 is 2.43 bits per heavy atom. The fraction of sp³-hybridized carbons (Fsp3) is 0.548. The summed E-state index contributed by atoms with van der Waals surface area (Å²) in [6.45, 7) is 1.75. The van der Waals surface area contributed by atoms with Gasteiger partial charge in [-0.2, -0.15) is 13.2 Å². The van der Waals surface area contributed by atoms with E-state index in [4.69, 9.17) is 5.73 Å². The lowest BCUT2D eigenvalue weighted by Crippen LogP contribution is -2.38. The molecule has 1 heterocycles. The third kappa shape index (κ3) is 6.40. The average molecular weight is 512 g/mol. The number of hydrogen-bond acceptors (Lipinski definition) is 2. The van der Waals surface area contributed by atoms with Gasteiger partial charge in [-0.1, -0.05) is 55.7 Å². The van der Waals surface area contributed by atoms with Crippen LogP contribution in [0.15, 0.2) is 54.7 Å². The highest BCUT2D eigenvalue weighted by Gasteiger charge is 2.32. The van der Waals surface area contributed by atoms with Crippen LogP contribution in [0.25, 0.3) is 10.9 Å². The summed E-state index contributed by atoms with van der Waals surface area (Å²) in [6.07, 6.45) is 9.26. The first-order valence-corrected chi connectivity index (χ1v) is 14.1. The van der Waals surface area contributed by atoms with Crippen LogP contribution in [0, 0.1) is 5.92 Å². The summed E-state index contributed by atoms with van der Waals surface area (Å²) in [5.74, 6) is 0.557. The Morgan fingerprint density at radius 2 is 1.68 bits per heavy atom. The molecule has 2 aliphatic rings. The molecule has 3 aromatic rings. The molecule has 1 atom stereocenters. The van der Waals surface area contributed by atoms with E-state index in [0.29, 0.717) is 18.0 Å². The smallest absolute Gasteiger partial charge is 0.347 e. The second-order valence-corrected chi connectivity index (χ2v) is 11.3. The number of para-hydroxylation sites is 1. The predicted molar refractivity (Wildman–Crippen MR) is 145 cm³/mol. The summed E-state index contributed by atoms with van der Waals surface area (Å²) < 4.78 is 43.3. The molecule has 0 saturated heterocycles. The maximum atomic E-state index is 13.7. The van der Waals surface area contributed by atoms with Crippen LogP contribution in [0.2, 0.25) is 0 Å². The fourth-order valence-corrected chi connectivity index (χ4v) is 6.54. The zero-order valence-corrected chi connectivity index (χ0v) is 21.6. The molecule has 2 aliphatic carbocycles. The van der Waals surface area contributed by atoms with Crippen molar-refractivity contribution in [2.75, 3.05) is 6.54 Å². The third-order valence-corrected chi connectivity index (χ3v) is 8.63. The lowest BCUT2D eigenvalue weighted by molar-refractivity contribution is -0.137. The van der Waals surface area contributed by atoms with Gasteiger partial charge in [-0.25, -0.2) is 0 Å². The molecule has 3 N–H and O–H groups in total. The van der Waals surface area contributed by atoms with E-state index in [2.05, 4.69) is 34.3 Å². The molecule has 0 spiro atoms. The minimum atomic E-state index is -4.35. The van der Waals surface area contributed by atoms with Crippen LogP contribution in [0.3, 0.4) is 0 Å². The number of halogens is 3. The molecule has 3 nitrogen and oxygen atoms in total. The van der Waals surface area contributed by atoms with Crippen molar-refractivity contribution < 1.29 is 13.2 Å². The van der Waals surface area contributed by atoms with E-state index >= 15 is 0 Å². The van der Waals surface area contributed by atoms with E-state index in [1.54, 1.807) is 6.07 Å². The van der Waals surface area contributed by atoms with Gasteiger partial charge in [-0.15, -0.1) is 0 Å². The van der Waals surface area contributed by atoms with Crippen LogP contribution in [-0.4, -0.2) is 23.2 Å². The average Bonchev–Trinajstić information content (AvgIpc) is 3.26. The van der Waals surface area contributed by atoms with E-state index in [1.807, 2.05) is 12.1 Å². The maximum absolute atomic E-state index is 13.7. The van der Waals surface area contributed by atoms with Gasteiger partial charge in [0.25, 0.3) is 0 Å². The normalized spacial score (nSPS) is 22.4. The number of fused-ring (bicyclic) bond motifs is 1. The monoisotopic (exact) mass is 511 g/mol. The summed E-state index contributed by atoms with van der Waals surface area (Å²) in [5, 5.41) is 4.85. The van der Waals surface area contributed by atoms with Gasteiger partial charge in [0, 0.05) is 41.6 Å². The molecular formula is C31H40F3N3. The van der Waals surface area contributed by atoms with Gasteiger partial charge in [0.1, 0.15) is 0 Å². The van der Waals surface area contributed by atoms with Crippen molar-refractivity contribution in [3.8, 4) is 0 Å². The first-order valence-electron chi connectivity index (χ1n) is 14.1. The molecule has 1 unspecified atom stereocenters. The van der Waals surface area contributed by atoms with Crippen molar-refractivity contribution in [1.82, 2.24) is 9.88 Å². The molecule has 1 aromatic heterocycles. The van der Waals surface area contributed by atoms with E-state index in [1.165, 1.54) is 49.8 Å². The Kier molecular flexibility index (Phi) is 8.25. The number of alkyl halides is 3. The number of nitrogens with one attached hydrogen (secondary N) is 1. The van der Waals surface area contributed by atoms with Crippen LogP contribution in [0.4, 0.5) is 13.2 Å². The van der Waals surface area contributed by atoms with Crippen molar-refractivity contribution in [2.45, 2.75) is 94.9 Å². The summed E-state index contributed by atoms with van der Waals surface area (Å²) in [6, 6.07) is 15.1. The molecule has 0 amide bonds. The highest BCUT2D eigenvalue weighted by molar-refractivity contribution is 5.85. The van der Waals surface area contributed by atoms with Crippen LogP contribution in [-0.2, 0) is 12.7 Å².